The van der Waals surface area contributed by atoms with E-state index >= 15 is 0 Å². The second-order valence-corrected chi connectivity index (χ2v) is 8.77. The summed E-state index contributed by atoms with van der Waals surface area (Å²) in [6.45, 7) is 1.96. The number of nitrogens with zero attached hydrogens (tertiary/aromatic N) is 2. The van der Waals surface area contributed by atoms with E-state index in [1.54, 1.807) is 18.2 Å². The minimum atomic E-state index is -3.42. The van der Waals surface area contributed by atoms with Gasteiger partial charge < -0.3 is 4.40 Å². The molecule has 0 spiro atoms. The summed E-state index contributed by atoms with van der Waals surface area (Å²) in [7, 11) is -4.90. The van der Waals surface area contributed by atoms with Gasteiger partial charge in [-0.1, -0.05) is 18.2 Å². The lowest BCUT2D eigenvalue weighted by atomic mass is 10.3. The Hall–Kier alpha value is -1.99. The molecule has 23 heavy (non-hydrogen) atoms. The highest BCUT2D eigenvalue weighted by Gasteiger charge is 2.18. The molecule has 0 amide bonds. The van der Waals surface area contributed by atoms with E-state index in [1.807, 2.05) is 35.9 Å². The number of fused-ring (bicyclic) bond motifs is 1. The second kappa shape index (κ2) is 5.90. The Morgan fingerprint density at radius 1 is 1.17 bits per heavy atom. The Kier molecular flexibility index (Phi) is 4.08. The molecule has 120 valence electrons. The number of aromatic nitrogens is 2. The van der Waals surface area contributed by atoms with E-state index in [0.717, 1.165) is 17.5 Å². The maximum absolute atomic E-state index is 12.6. The van der Waals surface area contributed by atoms with Gasteiger partial charge in [0.1, 0.15) is 5.65 Å². The zero-order valence-corrected chi connectivity index (χ0v) is 14.4. The molecule has 5 nitrogen and oxygen atoms in total. The van der Waals surface area contributed by atoms with Gasteiger partial charge in [-0.05, 0) is 30.7 Å². The largest absolute Gasteiger partial charge is 0.307 e. The van der Waals surface area contributed by atoms with Crippen LogP contribution >= 0.6 is 0 Å². The number of hydrogen-bond acceptors (Lipinski definition) is 4. The van der Waals surface area contributed by atoms with E-state index in [-0.39, 0.29) is 10.6 Å². The van der Waals surface area contributed by atoms with Gasteiger partial charge in [0, 0.05) is 18.6 Å². The van der Waals surface area contributed by atoms with Crippen LogP contribution in [0.5, 0.6) is 0 Å². The average Bonchev–Trinajstić information content (AvgIpc) is 2.90. The lowest BCUT2D eigenvalue weighted by Gasteiger charge is -2.06. The number of aryl methyl sites for hydroxylation is 1. The van der Waals surface area contributed by atoms with Crippen molar-refractivity contribution in [1.29, 1.82) is 0 Å². The van der Waals surface area contributed by atoms with Gasteiger partial charge in [0.05, 0.1) is 32.0 Å². The molecule has 0 saturated carbocycles. The number of benzene rings is 1. The number of hydrogen-bond donors (Lipinski definition) is 0. The predicted molar refractivity (Wildman–Crippen MR) is 89.6 cm³/mol. The molecule has 0 aliphatic heterocycles. The molecule has 0 unspecified atom stereocenters. The highest BCUT2D eigenvalue weighted by Crippen LogP contribution is 2.21. The predicted octanol–water partition coefficient (Wildman–Crippen LogP) is 2.35. The van der Waals surface area contributed by atoms with Crippen LogP contribution in [-0.4, -0.2) is 28.3 Å². The van der Waals surface area contributed by atoms with Crippen molar-refractivity contribution in [2.75, 3.05) is 6.26 Å². The third kappa shape index (κ3) is 3.20. The van der Waals surface area contributed by atoms with Crippen molar-refractivity contribution in [1.82, 2.24) is 9.38 Å². The first-order chi connectivity index (χ1) is 10.9. The van der Waals surface area contributed by atoms with Crippen molar-refractivity contribution >= 4 is 26.3 Å². The lowest BCUT2D eigenvalue weighted by Crippen LogP contribution is -2.05. The van der Waals surface area contributed by atoms with Gasteiger partial charge in [-0.3, -0.25) is 4.21 Å². The molecular weight excluding hydrogens is 332 g/mol. The Bertz CT molecular complexity index is 1010. The standard InChI is InChI=1S/C16H16N2O3S2/c1-12-6-5-9-18-10-13(17-16(12)18)11-22(19)14-7-3-4-8-15(14)23(2,20)21/h3-10H,11H2,1-2H3/t22-/m1/s1. The molecule has 0 radical (unpaired) electrons. The zero-order valence-electron chi connectivity index (χ0n) is 12.8. The Morgan fingerprint density at radius 3 is 2.61 bits per heavy atom. The quantitative estimate of drug-likeness (QED) is 0.726. The molecule has 2 heterocycles. The van der Waals surface area contributed by atoms with E-state index in [9.17, 15) is 12.6 Å². The fourth-order valence-electron chi connectivity index (χ4n) is 2.43. The minimum Gasteiger partial charge on any atom is -0.307 e. The highest BCUT2D eigenvalue weighted by molar-refractivity contribution is 7.92. The second-order valence-electron chi connectivity index (χ2n) is 5.36. The van der Waals surface area contributed by atoms with E-state index in [2.05, 4.69) is 4.98 Å². The first kappa shape index (κ1) is 15.9. The van der Waals surface area contributed by atoms with E-state index in [4.69, 9.17) is 0 Å². The minimum absolute atomic E-state index is 0.110. The summed E-state index contributed by atoms with van der Waals surface area (Å²) in [5, 5.41) is 0. The molecule has 1 atom stereocenters. The Labute approximate surface area is 137 Å². The van der Waals surface area contributed by atoms with Crippen molar-refractivity contribution in [3.8, 4) is 0 Å². The van der Waals surface area contributed by atoms with Crippen LogP contribution in [0.4, 0.5) is 0 Å². The maximum Gasteiger partial charge on any atom is 0.176 e. The molecule has 2 aromatic heterocycles. The van der Waals surface area contributed by atoms with Crippen LogP contribution in [-0.2, 0) is 26.4 Å². The fourth-order valence-corrected chi connectivity index (χ4v) is 5.01. The van der Waals surface area contributed by atoms with Gasteiger partial charge >= 0.3 is 0 Å². The summed E-state index contributed by atoms with van der Waals surface area (Å²) in [5.74, 6) is 0.174. The van der Waals surface area contributed by atoms with Crippen LogP contribution in [0, 0.1) is 6.92 Å². The van der Waals surface area contributed by atoms with Crippen LogP contribution in [0.15, 0.2) is 58.6 Å². The molecule has 7 heteroatoms. The monoisotopic (exact) mass is 348 g/mol. The van der Waals surface area contributed by atoms with Crippen LogP contribution in [0.25, 0.3) is 5.65 Å². The molecular formula is C16H16N2O3S2. The first-order valence-electron chi connectivity index (χ1n) is 6.97. The summed E-state index contributed by atoms with van der Waals surface area (Å²) >= 11 is 0. The normalized spacial score (nSPS) is 13.3. The number of pyridine rings is 1. The van der Waals surface area contributed by atoms with Crippen molar-refractivity contribution in [2.45, 2.75) is 22.5 Å². The van der Waals surface area contributed by atoms with Crippen molar-refractivity contribution in [3.05, 3.63) is 60.0 Å². The van der Waals surface area contributed by atoms with Crippen molar-refractivity contribution < 1.29 is 12.6 Å². The molecule has 0 aliphatic rings. The maximum atomic E-state index is 12.6. The van der Waals surface area contributed by atoms with Crippen LogP contribution in [0.1, 0.15) is 11.3 Å². The van der Waals surface area contributed by atoms with Crippen LogP contribution in [0.3, 0.4) is 0 Å². The van der Waals surface area contributed by atoms with Crippen molar-refractivity contribution in [3.63, 3.8) is 0 Å². The lowest BCUT2D eigenvalue weighted by molar-refractivity contribution is 0.599. The average molecular weight is 348 g/mol. The van der Waals surface area contributed by atoms with Crippen molar-refractivity contribution in [2.24, 2.45) is 0 Å². The third-order valence-corrected chi connectivity index (χ3v) is 6.19. The number of imidazole rings is 1. The van der Waals surface area contributed by atoms with Gasteiger partial charge in [0.25, 0.3) is 0 Å². The Morgan fingerprint density at radius 2 is 1.91 bits per heavy atom. The van der Waals surface area contributed by atoms with Crippen LogP contribution in [0.2, 0.25) is 0 Å². The molecule has 3 rings (SSSR count). The molecule has 0 bridgehead atoms. The first-order valence-corrected chi connectivity index (χ1v) is 10.2. The molecule has 3 aromatic rings. The smallest absolute Gasteiger partial charge is 0.176 e. The topological polar surface area (TPSA) is 68.5 Å². The SMILES string of the molecule is Cc1cccn2cc(C[S@@](=O)c3ccccc3S(C)(=O)=O)nc12. The number of sulfone groups is 1. The summed E-state index contributed by atoms with van der Waals surface area (Å²) in [6.07, 6.45) is 4.83. The van der Waals surface area contributed by atoms with Gasteiger partial charge in [-0.15, -0.1) is 0 Å². The summed E-state index contributed by atoms with van der Waals surface area (Å²) in [4.78, 5) is 4.92. The molecule has 1 aromatic carbocycles. The number of rotatable bonds is 4. The van der Waals surface area contributed by atoms with E-state index in [1.165, 1.54) is 6.07 Å². The fraction of sp³-hybridized carbons (Fsp3) is 0.188. The zero-order chi connectivity index (χ0) is 16.6. The van der Waals surface area contributed by atoms with Gasteiger partial charge in [0.2, 0.25) is 0 Å². The van der Waals surface area contributed by atoms with E-state index in [0.29, 0.717) is 10.6 Å². The molecule has 0 N–H and O–H groups in total. The summed E-state index contributed by atoms with van der Waals surface area (Å²) < 4.78 is 38.2. The highest BCUT2D eigenvalue weighted by atomic mass is 32.2. The molecule has 0 aliphatic carbocycles. The van der Waals surface area contributed by atoms with Gasteiger partial charge in [0.15, 0.2) is 9.84 Å². The third-order valence-electron chi connectivity index (χ3n) is 3.50. The summed E-state index contributed by atoms with van der Waals surface area (Å²) in [5.41, 5.74) is 2.51. The van der Waals surface area contributed by atoms with E-state index < -0.39 is 20.6 Å². The van der Waals surface area contributed by atoms with Gasteiger partial charge in [-0.2, -0.15) is 0 Å². The molecule has 0 saturated heterocycles. The van der Waals surface area contributed by atoms with Gasteiger partial charge in [-0.25, -0.2) is 13.4 Å². The summed E-state index contributed by atoms with van der Waals surface area (Å²) in [6, 6.07) is 10.3. The molecule has 0 fully saturated rings. The Balaban J connectivity index is 1.97. The van der Waals surface area contributed by atoms with Crippen LogP contribution < -0.4 is 0 Å².